The fourth-order valence-electron chi connectivity index (χ4n) is 1.65. The Labute approximate surface area is 94.7 Å². The summed E-state index contributed by atoms with van der Waals surface area (Å²) in [4.78, 5) is 0. The summed E-state index contributed by atoms with van der Waals surface area (Å²) in [6.07, 6.45) is 2.19. The van der Waals surface area contributed by atoms with Crippen LogP contribution in [0, 0.1) is 0 Å². The van der Waals surface area contributed by atoms with Crippen LogP contribution in [0.15, 0.2) is 0 Å². The molecule has 2 rings (SSSR count). The van der Waals surface area contributed by atoms with E-state index in [0.29, 0.717) is 18.3 Å². The highest BCUT2D eigenvalue weighted by molar-refractivity contribution is 7.91. The van der Waals surface area contributed by atoms with Crippen LogP contribution in [0.2, 0.25) is 0 Å². The Morgan fingerprint density at radius 2 is 2.19 bits per heavy atom. The number of hydrogen-bond acceptors (Lipinski definition) is 5. The molecule has 0 aliphatic heterocycles. The molecule has 0 amide bonds. The number of nitrogen functional groups attached to an aromatic ring is 1. The third-order valence-corrected chi connectivity index (χ3v) is 4.50. The van der Waals surface area contributed by atoms with E-state index in [-0.39, 0.29) is 11.5 Å². The molecule has 1 heterocycles. The Morgan fingerprint density at radius 3 is 2.75 bits per heavy atom. The number of nitrogens with two attached hydrogens (primary N) is 1. The van der Waals surface area contributed by atoms with Crippen LogP contribution >= 0.6 is 0 Å². The standard InChI is InChI=1S/C9H16N4O2S/c1-2-16(14,15)6-5-13-8(7-3-4-7)9(10)11-12-13/h7H,2-6,10H2,1H3. The minimum absolute atomic E-state index is 0.103. The number of rotatable bonds is 5. The minimum atomic E-state index is -2.96. The van der Waals surface area contributed by atoms with E-state index in [0.717, 1.165) is 18.5 Å². The van der Waals surface area contributed by atoms with E-state index >= 15 is 0 Å². The van der Waals surface area contributed by atoms with Crippen molar-refractivity contribution < 1.29 is 8.42 Å². The first-order chi connectivity index (χ1) is 7.53. The third kappa shape index (κ3) is 2.34. The number of hydrogen-bond donors (Lipinski definition) is 1. The molecule has 16 heavy (non-hydrogen) atoms. The first-order valence-corrected chi connectivity index (χ1v) is 7.25. The topological polar surface area (TPSA) is 90.9 Å². The highest BCUT2D eigenvalue weighted by Crippen LogP contribution is 2.41. The molecular weight excluding hydrogens is 228 g/mol. The van der Waals surface area contributed by atoms with Crippen molar-refractivity contribution in [2.45, 2.75) is 32.2 Å². The lowest BCUT2D eigenvalue weighted by molar-refractivity contribution is 0.566. The van der Waals surface area contributed by atoms with Gasteiger partial charge in [0, 0.05) is 11.7 Å². The molecule has 7 heteroatoms. The van der Waals surface area contributed by atoms with Gasteiger partial charge in [-0.1, -0.05) is 12.1 Å². The van der Waals surface area contributed by atoms with Gasteiger partial charge in [-0.15, -0.1) is 5.10 Å². The molecule has 0 spiro atoms. The molecule has 1 aliphatic carbocycles. The van der Waals surface area contributed by atoms with Crippen molar-refractivity contribution in [1.82, 2.24) is 15.0 Å². The van der Waals surface area contributed by atoms with Crippen molar-refractivity contribution in [1.29, 1.82) is 0 Å². The second-order valence-corrected chi connectivity index (χ2v) is 6.57. The van der Waals surface area contributed by atoms with Crippen molar-refractivity contribution in [2.75, 3.05) is 17.2 Å². The van der Waals surface area contributed by atoms with Gasteiger partial charge in [-0.05, 0) is 12.8 Å². The fraction of sp³-hybridized carbons (Fsp3) is 0.778. The lowest BCUT2D eigenvalue weighted by atomic mass is 10.3. The first-order valence-electron chi connectivity index (χ1n) is 5.43. The Bertz CT molecular complexity index is 476. The summed E-state index contributed by atoms with van der Waals surface area (Å²) in [5, 5.41) is 7.69. The van der Waals surface area contributed by atoms with Crippen LogP contribution in [0.25, 0.3) is 0 Å². The van der Waals surface area contributed by atoms with E-state index in [2.05, 4.69) is 10.3 Å². The molecule has 1 aromatic heterocycles. The number of aryl methyl sites for hydroxylation is 1. The number of sulfone groups is 1. The summed E-state index contributed by atoms with van der Waals surface area (Å²) < 4.78 is 24.4. The van der Waals surface area contributed by atoms with Crippen molar-refractivity contribution in [3.05, 3.63) is 5.69 Å². The van der Waals surface area contributed by atoms with E-state index < -0.39 is 9.84 Å². The van der Waals surface area contributed by atoms with Crippen molar-refractivity contribution >= 4 is 15.7 Å². The van der Waals surface area contributed by atoms with Gasteiger partial charge in [0.15, 0.2) is 15.7 Å². The van der Waals surface area contributed by atoms with Crippen molar-refractivity contribution in [2.24, 2.45) is 0 Å². The van der Waals surface area contributed by atoms with Crippen LogP contribution in [0.4, 0.5) is 5.82 Å². The summed E-state index contributed by atoms with van der Waals surface area (Å²) in [5.74, 6) is 1.14. The van der Waals surface area contributed by atoms with Gasteiger partial charge in [0.05, 0.1) is 18.0 Å². The normalized spacial score (nSPS) is 16.6. The summed E-state index contributed by atoms with van der Waals surface area (Å²) >= 11 is 0. The predicted octanol–water partition coefficient (Wildman–Crippen LogP) is 0.172. The average Bonchev–Trinajstić information content (AvgIpc) is 3.01. The van der Waals surface area contributed by atoms with E-state index in [1.165, 1.54) is 0 Å². The second-order valence-electron chi connectivity index (χ2n) is 4.09. The summed E-state index contributed by atoms with van der Waals surface area (Å²) in [5.41, 5.74) is 6.62. The maximum atomic E-state index is 11.4. The number of aromatic nitrogens is 3. The molecule has 1 aliphatic rings. The molecule has 1 fully saturated rings. The van der Waals surface area contributed by atoms with Crippen LogP contribution in [0.5, 0.6) is 0 Å². The third-order valence-electron chi connectivity index (χ3n) is 2.82. The van der Waals surface area contributed by atoms with Gasteiger partial charge >= 0.3 is 0 Å². The van der Waals surface area contributed by atoms with Gasteiger partial charge in [-0.25, -0.2) is 13.1 Å². The highest BCUT2D eigenvalue weighted by Gasteiger charge is 2.30. The Hall–Kier alpha value is -1.11. The summed E-state index contributed by atoms with van der Waals surface area (Å²) in [6.45, 7) is 2.00. The largest absolute Gasteiger partial charge is 0.381 e. The van der Waals surface area contributed by atoms with Gasteiger partial charge in [-0.2, -0.15) is 0 Å². The fourth-order valence-corrected chi connectivity index (χ4v) is 2.39. The summed E-state index contributed by atoms with van der Waals surface area (Å²) in [7, 11) is -2.96. The Morgan fingerprint density at radius 1 is 1.50 bits per heavy atom. The lowest BCUT2D eigenvalue weighted by Gasteiger charge is -2.05. The second kappa shape index (κ2) is 4.04. The van der Waals surface area contributed by atoms with Gasteiger partial charge < -0.3 is 5.73 Å². The average molecular weight is 244 g/mol. The van der Waals surface area contributed by atoms with Gasteiger partial charge in [0.1, 0.15) is 0 Å². The molecule has 1 saturated carbocycles. The Kier molecular flexibility index (Phi) is 2.88. The smallest absolute Gasteiger partial charge is 0.169 e. The maximum absolute atomic E-state index is 11.4. The van der Waals surface area contributed by atoms with Crippen molar-refractivity contribution in [3.63, 3.8) is 0 Å². The molecule has 0 saturated heterocycles. The minimum Gasteiger partial charge on any atom is -0.381 e. The van der Waals surface area contributed by atoms with Crippen LogP contribution in [0.1, 0.15) is 31.4 Å². The molecule has 0 bridgehead atoms. The quantitative estimate of drug-likeness (QED) is 0.797. The number of nitrogens with zero attached hydrogens (tertiary/aromatic N) is 3. The zero-order valence-corrected chi connectivity index (χ0v) is 10.1. The zero-order chi connectivity index (χ0) is 11.8. The molecule has 90 valence electrons. The maximum Gasteiger partial charge on any atom is 0.169 e. The zero-order valence-electron chi connectivity index (χ0n) is 9.26. The van der Waals surface area contributed by atoms with E-state index in [4.69, 9.17) is 5.73 Å². The molecule has 1 aromatic rings. The van der Waals surface area contributed by atoms with Crippen LogP contribution < -0.4 is 5.73 Å². The molecule has 0 atom stereocenters. The molecule has 0 radical (unpaired) electrons. The van der Waals surface area contributed by atoms with E-state index in [1.54, 1.807) is 11.6 Å². The van der Waals surface area contributed by atoms with Crippen LogP contribution in [0.3, 0.4) is 0 Å². The van der Waals surface area contributed by atoms with Gasteiger partial charge in [0.2, 0.25) is 0 Å². The van der Waals surface area contributed by atoms with Gasteiger partial charge in [0.25, 0.3) is 0 Å². The lowest BCUT2D eigenvalue weighted by Crippen LogP contribution is -2.17. The van der Waals surface area contributed by atoms with Crippen LogP contribution in [-0.4, -0.2) is 34.9 Å². The molecule has 0 aromatic carbocycles. The molecule has 2 N–H and O–H groups in total. The van der Waals surface area contributed by atoms with E-state index in [9.17, 15) is 8.42 Å². The molecular formula is C9H16N4O2S. The highest BCUT2D eigenvalue weighted by atomic mass is 32.2. The SMILES string of the molecule is CCS(=O)(=O)CCn1nnc(N)c1C1CC1. The van der Waals surface area contributed by atoms with E-state index in [1.807, 2.05) is 0 Å². The van der Waals surface area contributed by atoms with Crippen LogP contribution in [-0.2, 0) is 16.4 Å². The first kappa shape index (κ1) is 11.4. The van der Waals surface area contributed by atoms with Gasteiger partial charge in [-0.3, -0.25) is 0 Å². The monoisotopic (exact) mass is 244 g/mol. The molecule has 0 unspecified atom stereocenters. The molecule has 6 nitrogen and oxygen atoms in total. The predicted molar refractivity (Wildman–Crippen MR) is 60.7 cm³/mol. The Balaban J connectivity index is 2.10. The van der Waals surface area contributed by atoms with Crippen molar-refractivity contribution in [3.8, 4) is 0 Å². The summed E-state index contributed by atoms with van der Waals surface area (Å²) in [6, 6.07) is 0. The number of anilines is 1.